The standard InChI is InChI=1S/C23H27N3O3.C2H4O2/c1-16-11-18(29-25-16)13-26-14-20-19(21-9-10-23(20,15-26)28-21)12-24-22(27)8-7-17-5-3-2-4-6-17;1-2(3)4/h2-8,11,19-21H,9-10,12-15H2,1H3,(H,24,27);1H3,(H,3,4)/b8-7+;/t19-,20+,21+,23+;/m0./s1. The fourth-order valence-corrected chi connectivity index (χ4v) is 5.40. The minimum absolute atomic E-state index is 0.0438. The highest BCUT2D eigenvalue weighted by Gasteiger charge is 2.62. The first-order valence-electron chi connectivity index (χ1n) is 11.4. The number of fused-ring (bicyclic) bond motifs is 1. The van der Waals surface area contributed by atoms with Gasteiger partial charge >= 0.3 is 0 Å². The van der Waals surface area contributed by atoms with E-state index in [9.17, 15) is 4.79 Å². The molecule has 1 aromatic carbocycles. The Balaban J connectivity index is 0.000000601. The van der Waals surface area contributed by atoms with Crippen LogP contribution in [0.25, 0.3) is 6.08 Å². The third-order valence-electron chi connectivity index (χ3n) is 6.65. The maximum atomic E-state index is 12.3. The number of likely N-dealkylation sites (tertiary alicyclic amines) is 1. The molecule has 1 aromatic heterocycles. The number of carboxylic acids is 1. The molecule has 0 unspecified atom stereocenters. The zero-order valence-corrected chi connectivity index (χ0v) is 19.1. The second kappa shape index (κ2) is 9.89. The maximum Gasteiger partial charge on any atom is 0.300 e. The van der Waals surface area contributed by atoms with Crippen molar-refractivity contribution in [2.75, 3.05) is 19.6 Å². The summed E-state index contributed by atoms with van der Waals surface area (Å²) < 4.78 is 11.9. The third kappa shape index (κ3) is 5.51. The van der Waals surface area contributed by atoms with Crippen molar-refractivity contribution in [1.29, 1.82) is 0 Å². The average Bonchev–Trinajstić information content (AvgIpc) is 3.52. The lowest BCUT2D eigenvalue weighted by atomic mass is 9.73. The maximum absolute atomic E-state index is 12.3. The van der Waals surface area contributed by atoms with E-state index in [-0.39, 0.29) is 17.6 Å². The molecular formula is C25H31N3O5. The molecule has 3 aliphatic heterocycles. The van der Waals surface area contributed by atoms with Crippen LogP contribution in [0, 0.1) is 18.8 Å². The minimum atomic E-state index is -0.833. The molecular weight excluding hydrogens is 422 g/mol. The number of aliphatic carboxylic acids is 1. The monoisotopic (exact) mass is 453 g/mol. The lowest BCUT2D eigenvalue weighted by Crippen LogP contribution is -2.41. The van der Waals surface area contributed by atoms with Gasteiger partial charge in [0.25, 0.3) is 5.97 Å². The lowest BCUT2D eigenvalue weighted by Gasteiger charge is -2.29. The Kier molecular flexibility index (Phi) is 6.95. The van der Waals surface area contributed by atoms with E-state index in [1.54, 1.807) is 6.08 Å². The number of carbonyl (C=O) groups is 2. The van der Waals surface area contributed by atoms with Gasteiger partial charge in [-0.2, -0.15) is 0 Å². The summed E-state index contributed by atoms with van der Waals surface area (Å²) in [6, 6.07) is 11.9. The Morgan fingerprint density at radius 2 is 2.09 bits per heavy atom. The topological polar surface area (TPSA) is 105 Å². The number of aromatic nitrogens is 1. The molecule has 3 fully saturated rings. The zero-order chi connectivity index (χ0) is 23.4. The summed E-state index contributed by atoms with van der Waals surface area (Å²) in [7, 11) is 0. The molecule has 5 rings (SSSR count). The van der Waals surface area contributed by atoms with Crippen LogP contribution >= 0.6 is 0 Å². The van der Waals surface area contributed by atoms with Crippen molar-refractivity contribution < 1.29 is 24.0 Å². The number of hydrogen-bond acceptors (Lipinski definition) is 6. The molecule has 1 amide bonds. The van der Waals surface area contributed by atoms with Gasteiger partial charge in [-0.25, -0.2) is 0 Å². The fraction of sp³-hybridized carbons (Fsp3) is 0.480. The van der Waals surface area contributed by atoms with Gasteiger partial charge in [0.15, 0.2) is 5.76 Å². The van der Waals surface area contributed by atoms with Gasteiger partial charge in [-0.15, -0.1) is 0 Å². The van der Waals surface area contributed by atoms with E-state index in [4.69, 9.17) is 19.2 Å². The molecule has 3 saturated heterocycles. The Labute approximate surface area is 193 Å². The first-order valence-corrected chi connectivity index (χ1v) is 11.4. The Morgan fingerprint density at radius 1 is 1.33 bits per heavy atom. The number of amides is 1. The van der Waals surface area contributed by atoms with E-state index < -0.39 is 5.97 Å². The SMILES string of the molecule is CC(=O)O.Cc1cc(CN2C[C@@H]3[C@H](CNC(=O)/C=C/c4ccccc4)[C@H]4CC[C@]3(C2)O4)on1. The molecule has 0 radical (unpaired) electrons. The first-order chi connectivity index (χ1) is 15.8. The van der Waals surface area contributed by atoms with Crippen LogP contribution in [0.1, 0.15) is 36.8 Å². The van der Waals surface area contributed by atoms with Gasteiger partial charge in [-0.05, 0) is 31.4 Å². The van der Waals surface area contributed by atoms with Crippen molar-refractivity contribution in [1.82, 2.24) is 15.4 Å². The van der Waals surface area contributed by atoms with Gasteiger partial charge in [0.1, 0.15) is 0 Å². The van der Waals surface area contributed by atoms with E-state index in [1.165, 1.54) is 0 Å². The number of carbonyl (C=O) groups excluding carboxylic acids is 1. The van der Waals surface area contributed by atoms with Crippen LogP contribution in [0.4, 0.5) is 0 Å². The lowest BCUT2D eigenvalue weighted by molar-refractivity contribution is -0.134. The molecule has 4 atom stereocenters. The van der Waals surface area contributed by atoms with Crippen molar-refractivity contribution in [3.63, 3.8) is 0 Å². The van der Waals surface area contributed by atoms with Crippen LogP contribution in [0.15, 0.2) is 47.0 Å². The van der Waals surface area contributed by atoms with Crippen molar-refractivity contribution in [2.45, 2.75) is 44.9 Å². The van der Waals surface area contributed by atoms with Crippen LogP contribution < -0.4 is 5.32 Å². The van der Waals surface area contributed by atoms with Gasteiger partial charge in [-0.1, -0.05) is 35.5 Å². The van der Waals surface area contributed by atoms with Crippen LogP contribution in [0.3, 0.4) is 0 Å². The smallest absolute Gasteiger partial charge is 0.300 e. The molecule has 8 heteroatoms. The summed E-state index contributed by atoms with van der Waals surface area (Å²) in [5.74, 6) is 0.866. The molecule has 0 saturated carbocycles. The molecule has 0 aliphatic carbocycles. The predicted octanol–water partition coefficient (Wildman–Crippen LogP) is 2.88. The summed E-state index contributed by atoms with van der Waals surface area (Å²) in [5.41, 5.74) is 1.90. The Hall–Kier alpha value is -2.97. The summed E-state index contributed by atoms with van der Waals surface area (Å²) in [6.07, 6.45) is 5.95. The molecule has 1 spiro atoms. The normalized spacial score (nSPS) is 27.9. The second-order valence-electron chi connectivity index (χ2n) is 9.14. The predicted molar refractivity (Wildman–Crippen MR) is 122 cm³/mol. The van der Waals surface area contributed by atoms with Crippen LogP contribution in [0.5, 0.6) is 0 Å². The summed E-state index contributed by atoms with van der Waals surface area (Å²) >= 11 is 0. The molecule has 2 aromatic rings. The Morgan fingerprint density at radius 3 is 2.79 bits per heavy atom. The average molecular weight is 454 g/mol. The number of hydrogen-bond donors (Lipinski definition) is 2. The van der Waals surface area contributed by atoms with Crippen molar-refractivity contribution in [3.05, 3.63) is 59.5 Å². The van der Waals surface area contributed by atoms with E-state index in [2.05, 4.69) is 15.4 Å². The number of nitrogens with zero attached hydrogens (tertiary/aromatic N) is 2. The summed E-state index contributed by atoms with van der Waals surface area (Å²) in [6.45, 7) is 6.39. The van der Waals surface area contributed by atoms with Crippen molar-refractivity contribution in [2.24, 2.45) is 11.8 Å². The van der Waals surface area contributed by atoms with E-state index in [1.807, 2.05) is 49.4 Å². The number of benzene rings is 1. The van der Waals surface area contributed by atoms with Crippen LogP contribution in [-0.4, -0.2) is 58.4 Å². The van der Waals surface area contributed by atoms with Gasteiger partial charge in [0, 0.05) is 50.5 Å². The van der Waals surface area contributed by atoms with Crippen molar-refractivity contribution >= 4 is 18.0 Å². The zero-order valence-electron chi connectivity index (χ0n) is 19.1. The van der Waals surface area contributed by atoms with Gasteiger partial charge < -0.3 is 19.7 Å². The largest absolute Gasteiger partial charge is 0.481 e. The third-order valence-corrected chi connectivity index (χ3v) is 6.65. The van der Waals surface area contributed by atoms with E-state index in [0.29, 0.717) is 18.4 Å². The summed E-state index contributed by atoms with van der Waals surface area (Å²) in [5, 5.41) is 14.5. The molecule has 2 bridgehead atoms. The number of nitrogens with one attached hydrogen (secondary N) is 1. The van der Waals surface area contributed by atoms with Crippen molar-refractivity contribution in [3.8, 4) is 0 Å². The van der Waals surface area contributed by atoms with Gasteiger partial charge in [0.05, 0.1) is 23.9 Å². The molecule has 8 nitrogen and oxygen atoms in total. The minimum Gasteiger partial charge on any atom is -0.481 e. The highest BCUT2D eigenvalue weighted by molar-refractivity contribution is 5.91. The molecule has 176 valence electrons. The highest BCUT2D eigenvalue weighted by atomic mass is 16.5. The molecule has 2 N–H and O–H groups in total. The van der Waals surface area contributed by atoms with E-state index >= 15 is 0 Å². The second-order valence-corrected chi connectivity index (χ2v) is 9.14. The number of carboxylic acid groups (broad SMARTS) is 1. The van der Waals surface area contributed by atoms with E-state index in [0.717, 1.165) is 56.4 Å². The molecule has 3 aliphatic rings. The first kappa shape index (κ1) is 23.2. The number of aryl methyl sites for hydroxylation is 1. The number of rotatable bonds is 6. The highest BCUT2D eigenvalue weighted by Crippen LogP contribution is 2.54. The van der Waals surface area contributed by atoms with Crippen LogP contribution in [-0.2, 0) is 20.9 Å². The van der Waals surface area contributed by atoms with Gasteiger partial charge in [-0.3, -0.25) is 14.5 Å². The summed E-state index contributed by atoms with van der Waals surface area (Å²) in [4.78, 5) is 23.7. The van der Waals surface area contributed by atoms with Crippen LogP contribution in [0.2, 0.25) is 0 Å². The molecule has 4 heterocycles. The van der Waals surface area contributed by atoms with Gasteiger partial charge in [0.2, 0.25) is 5.91 Å². The number of ether oxygens (including phenoxy) is 1. The quantitative estimate of drug-likeness (QED) is 0.648. The molecule has 33 heavy (non-hydrogen) atoms. The fourth-order valence-electron chi connectivity index (χ4n) is 5.40. The Bertz CT molecular complexity index is 1000.